The van der Waals surface area contributed by atoms with Crippen LogP contribution in [0.3, 0.4) is 0 Å². The Bertz CT molecular complexity index is 1410. The molecule has 1 aliphatic heterocycles. The number of fused-ring (bicyclic) bond motifs is 1. The lowest BCUT2D eigenvalue weighted by atomic mass is 9.97. The minimum atomic E-state index is -0.445. The van der Waals surface area contributed by atoms with E-state index in [-0.39, 0.29) is 36.1 Å². The second-order valence-electron chi connectivity index (χ2n) is 9.26. The number of hydrogen-bond acceptors (Lipinski definition) is 9. The monoisotopic (exact) mass is 569 g/mol. The molecule has 13 heteroatoms. The maximum Gasteiger partial charge on any atom is 0.225 e. The molecule has 220 valence electrons. The SMILES string of the molecule is CNC(=O)CCOCCOCCNC(=O)CCCC(=O)NC(=N)C=c1cc(-c2cncc(N)c2C)c(F)c2c1=CN2. The number of amides is 3. The Morgan fingerprint density at radius 3 is 2.49 bits per heavy atom. The number of carbonyl (C=O) groups excluding carboxylic acids is 3. The van der Waals surface area contributed by atoms with Gasteiger partial charge in [0.2, 0.25) is 17.7 Å². The summed E-state index contributed by atoms with van der Waals surface area (Å²) in [5.41, 5.74) is 8.20. The number of carbonyl (C=O) groups is 3. The summed E-state index contributed by atoms with van der Waals surface area (Å²) >= 11 is 0. The van der Waals surface area contributed by atoms with E-state index in [2.05, 4.69) is 26.3 Å². The van der Waals surface area contributed by atoms with Crippen molar-refractivity contribution in [3.63, 3.8) is 0 Å². The molecule has 41 heavy (non-hydrogen) atoms. The van der Waals surface area contributed by atoms with Gasteiger partial charge in [-0.1, -0.05) is 0 Å². The van der Waals surface area contributed by atoms with Gasteiger partial charge in [-0.2, -0.15) is 0 Å². The van der Waals surface area contributed by atoms with Crippen molar-refractivity contribution < 1.29 is 28.2 Å². The third-order valence-electron chi connectivity index (χ3n) is 6.32. The summed E-state index contributed by atoms with van der Waals surface area (Å²) in [5, 5.41) is 19.9. The quantitative estimate of drug-likeness (QED) is 0.100. The predicted octanol–water partition coefficient (Wildman–Crippen LogP) is 0.272. The lowest BCUT2D eigenvalue weighted by Gasteiger charge is -2.18. The standard InChI is InChI=1S/C28H36FN7O5/c1-17-20(14-33-16-22(17)30)19-12-18(21-15-35-28(21)27(19)29)13-23(31)36-26(39)5-3-4-25(38)34-7-9-41-11-10-40-8-6-24(37)32-2/h12-16,35H,3-11,30H2,1-2H3,(H,32,37)(H,34,38)(H2,31,36,39). The van der Waals surface area contributed by atoms with Gasteiger partial charge in [0.05, 0.1) is 44.0 Å². The van der Waals surface area contributed by atoms with Gasteiger partial charge in [0.15, 0.2) is 5.82 Å². The van der Waals surface area contributed by atoms with Crippen LogP contribution < -0.4 is 37.4 Å². The van der Waals surface area contributed by atoms with E-state index in [0.29, 0.717) is 78.8 Å². The Balaban J connectivity index is 1.40. The highest BCUT2D eigenvalue weighted by molar-refractivity contribution is 6.13. The van der Waals surface area contributed by atoms with Crippen molar-refractivity contribution in [2.24, 2.45) is 0 Å². The smallest absolute Gasteiger partial charge is 0.225 e. The summed E-state index contributed by atoms with van der Waals surface area (Å²) in [6, 6.07) is 1.60. The summed E-state index contributed by atoms with van der Waals surface area (Å²) in [7, 11) is 1.57. The number of aromatic nitrogens is 1. The molecule has 1 aromatic carbocycles. The van der Waals surface area contributed by atoms with E-state index >= 15 is 4.39 Å². The number of hydrogen-bond donors (Lipinski definition) is 6. The zero-order chi connectivity index (χ0) is 29.8. The predicted molar refractivity (Wildman–Crippen MR) is 154 cm³/mol. The van der Waals surface area contributed by atoms with E-state index in [9.17, 15) is 14.4 Å². The van der Waals surface area contributed by atoms with E-state index in [4.69, 9.17) is 20.6 Å². The number of ether oxygens (including phenoxy) is 2. The zero-order valence-electron chi connectivity index (χ0n) is 23.2. The van der Waals surface area contributed by atoms with Crippen LogP contribution in [0.2, 0.25) is 0 Å². The van der Waals surface area contributed by atoms with Gasteiger partial charge >= 0.3 is 0 Å². The van der Waals surface area contributed by atoms with Crippen LogP contribution in [0.5, 0.6) is 0 Å². The molecule has 2 aromatic rings. The van der Waals surface area contributed by atoms with Crippen LogP contribution in [-0.2, 0) is 23.9 Å². The number of benzene rings is 1. The number of rotatable bonds is 15. The van der Waals surface area contributed by atoms with Gasteiger partial charge < -0.3 is 36.5 Å². The average Bonchev–Trinajstić information content (AvgIpc) is 2.90. The summed E-state index contributed by atoms with van der Waals surface area (Å²) in [4.78, 5) is 39.4. The number of nitrogen functional groups attached to an aromatic ring is 1. The van der Waals surface area contributed by atoms with Crippen molar-refractivity contribution in [3.8, 4) is 11.1 Å². The number of nitrogens with zero attached hydrogens (tertiary/aromatic N) is 1. The highest BCUT2D eigenvalue weighted by Gasteiger charge is 2.19. The Labute approximate surface area is 237 Å². The largest absolute Gasteiger partial charge is 0.397 e. The van der Waals surface area contributed by atoms with E-state index < -0.39 is 11.7 Å². The van der Waals surface area contributed by atoms with Crippen molar-refractivity contribution in [3.05, 3.63) is 40.3 Å². The second-order valence-corrected chi connectivity index (χ2v) is 9.26. The molecule has 0 fully saturated rings. The molecule has 2 heterocycles. The van der Waals surface area contributed by atoms with Crippen LogP contribution >= 0.6 is 0 Å². The third kappa shape index (κ3) is 9.08. The van der Waals surface area contributed by atoms with Crippen LogP contribution in [0.25, 0.3) is 23.4 Å². The molecule has 0 radical (unpaired) electrons. The molecule has 3 amide bonds. The Morgan fingerprint density at radius 2 is 1.78 bits per heavy atom. The van der Waals surface area contributed by atoms with E-state index in [1.165, 1.54) is 18.5 Å². The average molecular weight is 570 g/mol. The summed E-state index contributed by atoms with van der Waals surface area (Å²) in [5.74, 6) is -1.31. The van der Waals surface area contributed by atoms with Crippen molar-refractivity contribution in [2.45, 2.75) is 32.6 Å². The first-order valence-corrected chi connectivity index (χ1v) is 13.2. The van der Waals surface area contributed by atoms with Gasteiger partial charge in [-0.3, -0.25) is 24.8 Å². The maximum atomic E-state index is 15.1. The molecule has 0 spiro atoms. The minimum Gasteiger partial charge on any atom is -0.397 e. The van der Waals surface area contributed by atoms with E-state index in [0.717, 1.165) is 0 Å². The molecular formula is C28H36FN7O5. The van der Waals surface area contributed by atoms with Crippen LogP contribution in [0.15, 0.2) is 18.5 Å². The van der Waals surface area contributed by atoms with Crippen molar-refractivity contribution in [1.82, 2.24) is 20.9 Å². The number of nitrogens with two attached hydrogens (primary N) is 1. The molecule has 3 rings (SSSR count). The molecule has 0 saturated carbocycles. The van der Waals surface area contributed by atoms with Crippen LogP contribution in [0, 0.1) is 18.2 Å². The third-order valence-corrected chi connectivity index (χ3v) is 6.32. The first kappa shape index (κ1) is 31.2. The van der Waals surface area contributed by atoms with Gasteiger partial charge in [-0.05, 0) is 36.3 Å². The lowest BCUT2D eigenvalue weighted by molar-refractivity contribution is -0.122. The van der Waals surface area contributed by atoms with Crippen LogP contribution in [0.4, 0.5) is 15.8 Å². The summed E-state index contributed by atoms with van der Waals surface area (Å²) < 4.78 is 25.7. The molecular weight excluding hydrogens is 533 g/mol. The maximum absolute atomic E-state index is 15.1. The fraction of sp³-hybridized carbons (Fsp3) is 0.393. The first-order valence-electron chi connectivity index (χ1n) is 13.2. The van der Waals surface area contributed by atoms with Crippen molar-refractivity contribution in [2.75, 3.05) is 51.1 Å². The van der Waals surface area contributed by atoms with E-state index in [1.54, 1.807) is 26.2 Å². The molecule has 1 aliphatic rings. The van der Waals surface area contributed by atoms with Gasteiger partial charge in [-0.25, -0.2) is 4.39 Å². The fourth-order valence-electron chi connectivity index (χ4n) is 3.96. The van der Waals surface area contributed by atoms with E-state index in [1.807, 2.05) is 0 Å². The molecule has 12 nitrogen and oxygen atoms in total. The van der Waals surface area contributed by atoms with Crippen LogP contribution in [0.1, 0.15) is 31.2 Å². The molecule has 0 unspecified atom stereocenters. The highest BCUT2D eigenvalue weighted by Crippen LogP contribution is 2.30. The highest BCUT2D eigenvalue weighted by atomic mass is 19.1. The van der Waals surface area contributed by atoms with Gasteiger partial charge in [0, 0.05) is 61.6 Å². The fourth-order valence-corrected chi connectivity index (χ4v) is 3.96. The molecule has 0 atom stereocenters. The lowest BCUT2D eigenvalue weighted by Crippen LogP contribution is -2.39. The Morgan fingerprint density at radius 1 is 1.05 bits per heavy atom. The molecule has 1 aromatic heterocycles. The molecule has 7 N–H and O–H groups in total. The minimum absolute atomic E-state index is 0.0577. The summed E-state index contributed by atoms with van der Waals surface area (Å²) in [6.07, 6.45) is 6.91. The zero-order valence-corrected chi connectivity index (χ0v) is 23.2. The second kappa shape index (κ2) is 15.4. The number of amidine groups is 1. The number of halogens is 1. The topological polar surface area (TPSA) is 181 Å². The van der Waals surface area contributed by atoms with Crippen molar-refractivity contribution >= 4 is 47.2 Å². The van der Waals surface area contributed by atoms with Gasteiger partial charge in [0.25, 0.3) is 0 Å². The molecule has 0 aliphatic carbocycles. The number of pyridine rings is 1. The first-order chi connectivity index (χ1) is 19.7. The van der Waals surface area contributed by atoms with Gasteiger partial charge in [-0.15, -0.1) is 0 Å². The molecule has 0 saturated heterocycles. The van der Waals surface area contributed by atoms with Crippen LogP contribution in [-0.4, -0.2) is 68.6 Å². The number of nitrogens with one attached hydrogen (secondary N) is 5. The van der Waals surface area contributed by atoms with Gasteiger partial charge in [0.1, 0.15) is 5.84 Å². The van der Waals surface area contributed by atoms with Crippen molar-refractivity contribution in [1.29, 1.82) is 5.41 Å². The summed E-state index contributed by atoms with van der Waals surface area (Å²) in [6.45, 7) is 3.43. The Hall–Kier alpha value is -4.36. The number of anilines is 2. The normalized spacial score (nSPS) is 11.9. The Kier molecular flexibility index (Phi) is 11.7. The molecule has 0 bridgehead atoms.